The molecule has 0 fully saturated rings. The van der Waals surface area contributed by atoms with Crippen molar-refractivity contribution >= 4 is 17.3 Å². The first kappa shape index (κ1) is 26.1. The molecule has 0 N–H and O–H groups in total. The van der Waals surface area contributed by atoms with Gasteiger partial charge in [0.1, 0.15) is 23.0 Å². The van der Waals surface area contributed by atoms with E-state index in [-0.39, 0.29) is 17.3 Å². The summed E-state index contributed by atoms with van der Waals surface area (Å²) in [5.74, 6) is 2.02. The molecular formula is C35H24O5. The normalized spacial score (nSPS) is 11.8. The van der Waals surface area contributed by atoms with Crippen molar-refractivity contribution in [3.05, 3.63) is 154 Å². The molecule has 0 spiro atoms. The van der Waals surface area contributed by atoms with E-state index in [1.54, 1.807) is 84.9 Å². The van der Waals surface area contributed by atoms with Crippen molar-refractivity contribution in [2.75, 3.05) is 0 Å². The third-order valence-corrected chi connectivity index (χ3v) is 6.21. The number of rotatable bonds is 9. The molecule has 0 heterocycles. The largest absolute Gasteiger partial charge is 0.457 e. The van der Waals surface area contributed by atoms with Crippen LogP contribution in [-0.4, -0.2) is 17.3 Å². The van der Waals surface area contributed by atoms with Gasteiger partial charge in [-0.1, -0.05) is 29.2 Å². The lowest BCUT2D eigenvalue weighted by atomic mass is 10.0. The van der Waals surface area contributed by atoms with E-state index in [1.165, 1.54) is 6.92 Å². The Morgan fingerprint density at radius 2 is 0.850 bits per heavy atom. The Balaban J connectivity index is 1.21. The minimum absolute atomic E-state index is 0.110. The van der Waals surface area contributed by atoms with Crippen LogP contribution in [0.4, 0.5) is 0 Å². The molecular weight excluding hydrogens is 500 g/mol. The minimum Gasteiger partial charge on any atom is -0.457 e. The van der Waals surface area contributed by atoms with Crippen LogP contribution in [0.15, 0.2) is 132 Å². The molecule has 5 nitrogen and oxygen atoms in total. The van der Waals surface area contributed by atoms with Crippen molar-refractivity contribution in [1.29, 1.82) is 0 Å². The van der Waals surface area contributed by atoms with Crippen LogP contribution in [0.5, 0.6) is 23.0 Å². The third kappa shape index (κ3) is 6.15. The molecule has 5 heteroatoms. The van der Waals surface area contributed by atoms with Crippen molar-refractivity contribution in [1.82, 2.24) is 0 Å². The summed E-state index contributed by atoms with van der Waals surface area (Å²) in [5.41, 5.74) is 8.88. The van der Waals surface area contributed by atoms with Crippen LogP contribution in [0.1, 0.15) is 38.8 Å². The predicted molar refractivity (Wildman–Crippen MR) is 152 cm³/mol. The molecule has 0 bridgehead atoms. The maximum absolute atomic E-state index is 13.0. The maximum atomic E-state index is 13.0. The lowest BCUT2D eigenvalue weighted by molar-refractivity contribution is -0.113. The molecule has 194 valence electrons. The van der Waals surface area contributed by atoms with E-state index in [1.807, 2.05) is 31.2 Å². The molecule has 0 atom stereocenters. The smallest absolute Gasteiger partial charge is 0.201 e. The van der Waals surface area contributed by atoms with Gasteiger partial charge < -0.3 is 9.47 Å². The number of carbonyl (C=O) groups is 3. The van der Waals surface area contributed by atoms with Crippen LogP contribution in [0.2, 0.25) is 0 Å². The highest BCUT2D eigenvalue weighted by Gasteiger charge is 2.13. The van der Waals surface area contributed by atoms with E-state index in [0.29, 0.717) is 45.1 Å². The fraction of sp³-hybridized carbons (Fsp3) is 0.0571. The number of carbonyl (C=O) groups excluding carboxylic acids is 3. The number of Topliss-reactive ketones (excluding diaryl/α,β-unsaturated/α-hetero) is 2. The van der Waals surface area contributed by atoms with Crippen molar-refractivity contribution < 1.29 is 23.9 Å². The molecule has 0 aromatic heterocycles. The van der Waals surface area contributed by atoms with E-state index in [0.717, 1.165) is 11.3 Å². The molecule has 0 amide bonds. The lowest BCUT2D eigenvalue weighted by Gasteiger charge is -2.09. The quantitative estimate of drug-likeness (QED) is 0.165. The second-order valence-corrected chi connectivity index (χ2v) is 9.22. The highest BCUT2D eigenvalue weighted by atomic mass is 16.5. The Morgan fingerprint density at radius 3 is 1.23 bits per heavy atom. The molecule has 5 rings (SSSR count). The second-order valence-electron chi connectivity index (χ2n) is 9.22. The number of benzene rings is 4. The Morgan fingerprint density at radius 1 is 0.500 bits per heavy atom. The number of hydrogen-bond acceptors (Lipinski definition) is 5. The fourth-order valence-electron chi connectivity index (χ4n) is 3.95. The molecule has 1 aliphatic carbocycles. The van der Waals surface area contributed by atoms with Crippen LogP contribution in [0, 0.1) is 6.92 Å². The average molecular weight is 525 g/mol. The van der Waals surface area contributed by atoms with Crippen LogP contribution < -0.4 is 9.47 Å². The van der Waals surface area contributed by atoms with E-state index in [2.05, 4.69) is 11.5 Å². The van der Waals surface area contributed by atoms with Gasteiger partial charge in [0, 0.05) is 16.7 Å². The first-order valence-corrected chi connectivity index (χ1v) is 12.6. The SMILES string of the molecule is CC(=O)C1=C=C=C(C(=O)c2ccc(Oc3ccc(C(=O)c4ccc(Oc5ccc(C)cc5)cc4)cc3)cc2)C=C1. The van der Waals surface area contributed by atoms with E-state index < -0.39 is 0 Å². The Bertz CT molecular complexity index is 1720. The summed E-state index contributed by atoms with van der Waals surface area (Å²) >= 11 is 0. The van der Waals surface area contributed by atoms with Crippen LogP contribution in [-0.2, 0) is 4.79 Å². The van der Waals surface area contributed by atoms with E-state index >= 15 is 0 Å². The highest BCUT2D eigenvalue weighted by Crippen LogP contribution is 2.26. The van der Waals surface area contributed by atoms with Crippen LogP contribution >= 0.6 is 0 Å². The number of ketones is 3. The fourth-order valence-corrected chi connectivity index (χ4v) is 3.95. The molecule has 4 aromatic carbocycles. The van der Waals surface area contributed by atoms with Gasteiger partial charge in [0.25, 0.3) is 0 Å². The summed E-state index contributed by atoms with van der Waals surface area (Å²) in [4.78, 5) is 37.1. The Labute approximate surface area is 232 Å². The zero-order valence-electron chi connectivity index (χ0n) is 21.9. The summed E-state index contributed by atoms with van der Waals surface area (Å²) < 4.78 is 11.7. The van der Waals surface area contributed by atoms with Gasteiger partial charge in [-0.15, -0.1) is 0 Å². The minimum atomic E-state index is -0.226. The molecule has 0 saturated heterocycles. The Hall–Kier alpha value is -5.47. The standard InChI is InChI=1S/C35H24O5/c1-23-3-15-30(16-4-23)39-31-17-11-28(12-18-31)35(38)29-13-21-33(22-14-29)40-32-19-9-27(10-20-32)34(37)26-7-5-25(6-8-26)24(2)36/h3-5,7,9-22H,1-2H3. The zero-order valence-corrected chi connectivity index (χ0v) is 21.9. The van der Waals surface area contributed by atoms with Gasteiger partial charge in [0.05, 0.1) is 11.1 Å². The maximum Gasteiger partial charge on any atom is 0.201 e. The van der Waals surface area contributed by atoms with Crippen LogP contribution in [0.25, 0.3) is 0 Å². The third-order valence-electron chi connectivity index (χ3n) is 6.21. The first-order valence-electron chi connectivity index (χ1n) is 12.6. The van der Waals surface area contributed by atoms with Crippen molar-refractivity contribution in [2.45, 2.75) is 13.8 Å². The molecule has 4 aromatic rings. The van der Waals surface area contributed by atoms with Gasteiger partial charge >= 0.3 is 0 Å². The van der Waals surface area contributed by atoms with Gasteiger partial charge in [0.2, 0.25) is 5.78 Å². The monoisotopic (exact) mass is 524 g/mol. The highest BCUT2D eigenvalue weighted by molar-refractivity contribution is 6.11. The van der Waals surface area contributed by atoms with E-state index in [4.69, 9.17) is 9.47 Å². The molecule has 0 saturated carbocycles. The lowest BCUT2D eigenvalue weighted by Crippen LogP contribution is -2.03. The number of hydrogen-bond donors (Lipinski definition) is 0. The van der Waals surface area contributed by atoms with Gasteiger partial charge in [-0.3, -0.25) is 14.4 Å². The number of aryl methyl sites for hydroxylation is 1. The molecule has 0 aliphatic heterocycles. The topological polar surface area (TPSA) is 69.7 Å². The van der Waals surface area contributed by atoms with Crippen molar-refractivity contribution in [3.8, 4) is 23.0 Å². The van der Waals surface area contributed by atoms with Gasteiger partial charge in [-0.25, -0.2) is 0 Å². The molecule has 0 unspecified atom stereocenters. The predicted octanol–water partition coefficient (Wildman–Crippen LogP) is 7.76. The summed E-state index contributed by atoms with van der Waals surface area (Å²) in [6.45, 7) is 3.45. The van der Waals surface area contributed by atoms with Gasteiger partial charge in [0.15, 0.2) is 11.6 Å². The number of allylic oxidation sites excluding steroid dienone is 4. The van der Waals surface area contributed by atoms with Crippen LogP contribution in [0.3, 0.4) is 0 Å². The van der Waals surface area contributed by atoms with Crippen molar-refractivity contribution in [2.24, 2.45) is 0 Å². The first-order chi connectivity index (χ1) is 19.4. The summed E-state index contributed by atoms with van der Waals surface area (Å²) in [6.07, 6.45) is 3.13. The summed E-state index contributed by atoms with van der Waals surface area (Å²) in [6, 6.07) is 28.4. The molecule has 1 aliphatic rings. The number of ether oxygens (including phenoxy) is 2. The zero-order chi connectivity index (χ0) is 28.1. The average Bonchev–Trinajstić information content (AvgIpc) is 2.99. The Kier molecular flexibility index (Phi) is 7.52. The van der Waals surface area contributed by atoms with Crippen molar-refractivity contribution in [3.63, 3.8) is 0 Å². The molecule has 0 radical (unpaired) electrons. The van der Waals surface area contributed by atoms with Gasteiger partial charge in [-0.05, 0) is 111 Å². The van der Waals surface area contributed by atoms with E-state index in [9.17, 15) is 14.4 Å². The second kappa shape index (κ2) is 11.5. The summed E-state index contributed by atoms with van der Waals surface area (Å²) in [7, 11) is 0. The summed E-state index contributed by atoms with van der Waals surface area (Å²) in [5, 5.41) is 0. The molecule has 40 heavy (non-hydrogen) atoms. The van der Waals surface area contributed by atoms with Gasteiger partial charge in [-0.2, -0.15) is 0 Å².